The summed E-state index contributed by atoms with van der Waals surface area (Å²) in [7, 11) is 1.60. The molecule has 1 N–H and O–H groups in total. The lowest BCUT2D eigenvalue weighted by atomic mass is 10.1. The van der Waals surface area contributed by atoms with Crippen molar-refractivity contribution in [3.8, 4) is 0 Å². The molecule has 2 aromatic rings. The molecule has 0 spiro atoms. The van der Waals surface area contributed by atoms with Gasteiger partial charge in [0.15, 0.2) is 0 Å². The van der Waals surface area contributed by atoms with Crippen LogP contribution in [0.15, 0.2) is 24.9 Å². The van der Waals surface area contributed by atoms with E-state index in [1.54, 1.807) is 24.2 Å². The minimum atomic E-state index is -0.905. The maximum absolute atomic E-state index is 10.3. The molecule has 1 atom stereocenters. The van der Waals surface area contributed by atoms with Crippen molar-refractivity contribution < 1.29 is 9.84 Å². The van der Waals surface area contributed by atoms with Crippen LogP contribution in [0.5, 0.6) is 0 Å². The van der Waals surface area contributed by atoms with E-state index < -0.39 is 6.10 Å². The maximum atomic E-state index is 10.3. The quantitative estimate of drug-likeness (QED) is 0.878. The number of hydrogen-bond donors (Lipinski definition) is 1. The first kappa shape index (κ1) is 12.9. The molecule has 7 heteroatoms. The van der Waals surface area contributed by atoms with Crippen molar-refractivity contribution in [2.45, 2.75) is 12.6 Å². The number of nitrogens with zero attached hydrogens (tertiary/aromatic N) is 4. The van der Waals surface area contributed by atoms with Gasteiger partial charge in [-0.3, -0.25) is 4.68 Å². The molecule has 0 aliphatic carbocycles. The lowest BCUT2D eigenvalue weighted by Crippen LogP contribution is -2.13. The molecule has 2 aromatic heterocycles. The Morgan fingerprint density at radius 2 is 2.11 bits per heavy atom. The largest absolute Gasteiger partial charge is 0.383 e. The molecular formula is C11H13ClN4O2. The van der Waals surface area contributed by atoms with Crippen LogP contribution in [0.3, 0.4) is 0 Å². The van der Waals surface area contributed by atoms with Crippen molar-refractivity contribution >= 4 is 11.6 Å². The highest BCUT2D eigenvalue weighted by atomic mass is 35.5. The average Bonchev–Trinajstić information content (AvgIpc) is 2.77. The lowest BCUT2D eigenvalue weighted by molar-refractivity contribution is 0.171. The highest BCUT2D eigenvalue weighted by Gasteiger charge is 2.20. The van der Waals surface area contributed by atoms with Gasteiger partial charge in [-0.15, -0.1) is 0 Å². The van der Waals surface area contributed by atoms with Crippen molar-refractivity contribution in [3.05, 3.63) is 41.2 Å². The van der Waals surface area contributed by atoms with Crippen LogP contribution in [0.2, 0.25) is 5.02 Å². The van der Waals surface area contributed by atoms with E-state index in [0.717, 1.165) is 0 Å². The van der Waals surface area contributed by atoms with Crippen LogP contribution in [0.4, 0.5) is 0 Å². The maximum Gasteiger partial charge on any atom is 0.125 e. The normalized spacial score (nSPS) is 12.6. The fourth-order valence-electron chi connectivity index (χ4n) is 1.61. The molecule has 2 rings (SSSR count). The molecule has 96 valence electrons. The highest BCUT2D eigenvalue weighted by Crippen LogP contribution is 2.27. The summed E-state index contributed by atoms with van der Waals surface area (Å²) in [5.41, 5.74) is 1.09. The van der Waals surface area contributed by atoms with Crippen molar-refractivity contribution in [1.29, 1.82) is 0 Å². The third-order valence-electron chi connectivity index (χ3n) is 2.50. The first-order valence-corrected chi connectivity index (χ1v) is 5.75. The van der Waals surface area contributed by atoms with E-state index >= 15 is 0 Å². The van der Waals surface area contributed by atoms with Crippen molar-refractivity contribution in [2.75, 3.05) is 13.7 Å². The Hall–Kier alpha value is -1.50. The fraction of sp³-hybridized carbons (Fsp3) is 0.364. The Bertz CT molecular complexity index is 503. The predicted molar refractivity (Wildman–Crippen MR) is 65.2 cm³/mol. The molecule has 1 unspecified atom stereocenters. The minimum absolute atomic E-state index is 0.405. The van der Waals surface area contributed by atoms with Gasteiger partial charge in [0, 0.05) is 25.1 Å². The summed E-state index contributed by atoms with van der Waals surface area (Å²) in [5, 5.41) is 14.8. The number of aliphatic hydroxyl groups excluding tert-OH is 1. The summed E-state index contributed by atoms with van der Waals surface area (Å²) >= 11 is 6.04. The van der Waals surface area contributed by atoms with Crippen LogP contribution in [0.1, 0.15) is 17.4 Å². The van der Waals surface area contributed by atoms with E-state index in [1.165, 1.54) is 12.5 Å². The van der Waals surface area contributed by atoms with E-state index in [0.29, 0.717) is 29.4 Å². The molecular weight excluding hydrogens is 256 g/mol. The Balaban J connectivity index is 2.29. The zero-order valence-corrected chi connectivity index (χ0v) is 10.6. The smallest absolute Gasteiger partial charge is 0.125 e. The van der Waals surface area contributed by atoms with Crippen molar-refractivity contribution in [1.82, 2.24) is 19.7 Å². The predicted octanol–water partition coefficient (Wildman–Crippen LogP) is 1.05. The molecule has 0 aliphatic rings. The Morgan fingerprint density at radius 1 is 1.39 bits per heavy atom. The molecule has 0 amide bonds. The highest BCUT2D eigenvalue weighted by molar-refractivity contribution is 6.31. The van der Waals surface area contributed by atoms with Crippen LogP contribution >= 0.6 is 11.6 Å². The molecule has 18 heavy (non-hydrogen) atoms. The Kier molecular flexibility index (Phi) is 4.24. The number of rotatable bonds is 5. The summed E-state index contributed by atoms with van der Waals surface area (Å²) in [6, 6.07) is 0. The lowest BCUT2D eigenvalue weighted by Gasteiger charge is -2.13. The SMILES string of the molecule is COCCn1ncc(Cl)c1C(O)c1cncnc1. The summed E-state index contributed by atoms with van der Waals surface area (Å²) < 4.78 is 6.60. The molecule has 0 saturated carbocycles. The van der Waals surface area contributed by atoms with E-state index in [-0.39, 0.29) is 0 Å². The molecule has 0 aromatic carbocycles. The second-order valence-electron chi connectivity index (χ2n) is 3.67. The van der Waals surface area contributed by atoms with Gasteiger partial charge in [0.2, 0.25) is 0 Å². The van der Waals surface area contributed by atoms with Gasteiger partial charge >= 0.3 is 0 Å². The molecule has 0 aliphatic heterocycles. The molecule has 6 nitrogen and oxygen atoms in total. The van der Waals surface area contributed by atoms with Gasteiger partial charge in [-0.2, -0.15) is 5.10 Å². The molecule has 0 bridgehead atoms. The van der Waals surface area contributed by atoms with Crippen molar-refractivity contribution in [2.24, 2.45) is 0 Å². The number of ether oxygens (including phenoxy) is 1. The molecule has 0 saturated heterocycles. The monoisotopic (exact) mass is 268 g/mol. The summed E-state index contributed by atoms with van der Waals surface area (Å²) in [4.78, 5) is 7.74. The molecule has 0 radical (unpaired) electrons. The number of aliphatic hydroxyl groups is 1. The van der Waals surface area contributed by atoms with Gasteiger partial charge in [-0.05, 0) is 0 Å². The van der Waals surface area contributed by atoms with Crippen LogP contribution in [-0.2, 0) is 11.3 Å². The second-order valence-corrected chi connectivity index (χ2v) is 4.08. The number of methoxy groups -OCH3 is 1. The van der Waals surface area contributed by atoms with E-state index in [4.69, 9.17) is 16.3 Å². The van der Waals surface area contributed by atoms with E-state index in [2.05, 4.69) is 15.1 Å². The summed E-state index contributed by atoms with van der Waals surface area (Å²) in [5.74, 6) is 0. The van der Waals surface area contributed by atoms with Crippen LogP contribution in [-0.4, -0.2) is 38.6 Å². The fourth-order valence-corrected chi connectivity index (χ4v) is 1.85. The second kappa shape index (κ2) is 5.90. The minimum Gasteiger partial charge on any atom is -0.383 e. The van der Waals surface area contributed by atoms with Gasteiger partial charge in [0.1, 0.15) is 12.4 Å². The van der Waals surface area contributed by atoms with Gasteiger partial charge in [-0.25, -0.2) is 9.97 Å². The third-order valence-corrected chi connectivity index (χ3v) is 2.79. The summed E-state index contributed by atoms with van der Waals surface area (Å²) in [6.45, 7) is 1.01. The average molecular weight is 269 g/mol. The number of hydrogen-bond acceptors (Lipinski definition) is 5. The zero-order valence-electron chi connectivity index (χ0n) is 9.82. The number of aromatic nitrogens is 4. The Labute approximate surface area is 109 Å². The van der Waals surface area contributed by atoms with Gasteiger partial charge < -0.3 is 9.84 Å². The van der Waals surface area contributed by atoms with Crippen LogP contribution < -0.4 is 0 Å². The molecule has 2 heterocycles. The standard InChI is InChI=1S/C11H13ClN4O2/c1-18-3-2-16-10(9(12)6-15-16)11(17)8-4-13-7-14-5-8/h4-7,11,17H,2-3H2,1H3. The Morgan fingerprint density at radius 3 is 2.78 bits per heavy atom. The van der Waals surface area contributed by atoms with E-state index in [1.807, 2.05) is 0 Å². The van der Waals surface area contributed by atoms with Crippen LogP contribution in [0.25, 0.3) is 0 Å². The van der Waals surface area contributed by atoms with Gasteiger partial charge in [0.05, 0.1) is 30.1 Å². The number of halogens is 1. The first-order chi connectivity index (χ1) is 8.74. The molecule has 0 fully saturated rings. The summed E-state index contributed by atoms with van der Waals surface area (Å²) in [6.07, 6.45) is 5.08. The van der Waals surface area contributed by atoms with Gasteiger partial charge in [0.25, 0.3) is 0 Å². The van der Waals surface area contributed by atoms with Crippen LogP contribution in [0, 0.1) is 0 Å². The zero-order chi connectivity index (χ0) is 13.0. The third kappa shape index (κ3) is 2.66. The topological polar surface area (TPSA) is 73.1 Å². The van der Waals surface area contributed by atoms with Crippen molar-refractivity contribution in [3.63, 3.8) is 0 Å². The first-order valence-electron chi connectivity index (χ1n) is 5.37. The van der Waals surface area contributed by atoms with E-state index in [9.17, 15) is 5.11 Å². The van der Waals surface area contributed by atoms with Gasteiger partial charge in [-0.1, -0.05) is 11.6 Å².